The molecule has 9 nitrogen and oxygen atoms in total. The minimum absolute atomic E-state index is 0.0550. The first-order valence-electron chi connectivity index (χ1n) is 12.6. The summed E-state index contributed by atoms with van der Waals surface area (Å²) in [6.45, 7) is 0.606. The van der Waals surface area contributed by atoms with Gasteiger partial charge in [-0.25, -0.2) is 9.97 Å². The van der Waals surface area contributed by atoms with Crippen LogP contribution in [0.25, 0.3) is 21.5 Å². The third kappa shape index (κ3) is 6.11. The van der Waals surface area contributed by atoms with E-state index in [-0.39, 0.29) is 17.0 Å². The highest BCUT2D eigenvalue weighted by molar-refractivity contribution is 7.18. The molecule has 0 radical (unpaired) electrons. The Hall–Kier alpha value is -3.55. The molecule has 1 unspecified atom stereocenters. The average Bonchev–Trinajstić information content (AvgIpc) is 3.52. The Balaban J connectivity index is 1.22. The van der Waals surface area contributed by atoms with Crippen molar-refractivity contribution in [3.05, 3.63) is 53.2 Å². The first-order chi connectivity index (χ1) is 19.1. The molecule has 0 spiro atoms. The molecule has 5 rings (SSSR count). The van der Waals surface area contributed by atoms with Crippen molar-refractivity contribution in [3.63, 3.8) is 0 Å². The van der Waals surface area contributed by atoms with E-state index in [9.17, 15) is 18.3 Å². The molecule has 0 saturated heterocycles. The molecule has 2 N–H and O–H groups in total. The van der Waals surface area contributed by atoms with Crippen molar-refractivity contribution in [3.8, 4) is 22.9 Å². The largest absolute Gasteiger partial charge is 0.491 e. The van der Waals surface area contributed by atoms with Crippen molar-refractivity contribution in [1.29, 1.82) is 0 Å². The number of anilines is 1. The van der Waals surface area contributed by atoms with Gasteiger partial charge in [-0.15, -0.1) is 21.5 Å². The Labute approximate surface area is 233 Å². The molecular weight excluding hydrogens is 545 g/mol. The molecule has 0 aliphatic heterocycles. The number of aliphatic hydroxyl groups is 1. The van der Waals surface area contributed by atoms with Crippen LogP contribution in [-0.2, 0) is 13.0 Å². The second-order valence-electron chi connectivity index (χ2n) is 9.72. The normalized spacial score (nSPS) is 19.2. The zero-order valence-corrected chi connectivity index (χ0v) is 23.0. The van der Waals surface area contributed by atoms with Crippen LogP contribution in [-0.4, -0.2) is 70.9 Å². The highest BCUT2D eigenvalue weighted by Crippen LogP contribution is 2.36. The maximum Gasteiger partial charge on any atom is 0.393 e. The van der Waals surface area contributed by atoms with Crippen LogP contribution in [0, 0.1) is 0 Å². The van der Waals surface area contributed by atoms with Crippen LogP contribution in [0.4, 0.5) is 19.0 Å². The lowest BCUT2D eigenvalue weighted by Gasteiger charge is -2.28. The minimum Gasteiger partial charge on any atom is -0.491 e. The Morgan fingerprint density at radius 2 is 1.85 bits per heavy atom. The van der Waals surface area contributed by atoms with Crippen molar-refractivity contribution in [2.75, 3.05) is 26.2 Å². The summed E-state index contributed by atoms with van der Waals surface area (Å²) < 4.78 is 49.2. The summed E-state index contributed by atoms with van der Waals surface area (Å²) in [7, 11) is 4.87. The number of benzene rings is 1. The zero-order chi connectivity index (χ0) is 28.4. The number of rotatable bonds is 9. The monoisotopic (exact) mass is 574 g/mol. The van der Waals surface area contributed by atoms with Gasteiger partial charge in [0.2, 0.25) is 0 Å². The summed E-state index contributed by atoms with van der Waals surface area (Å²) in [6, 6.07) is 11.0. The number of hydrogen-bond donors (Lipinski definition) is 2. The van der Waals surface area contributed by atoms with E-state index in [0.29, 0.717) is 52.7 Å². The lowest BCUT2D eigenvalue weighted by molar-refractivity contribution is -0.126. The van der Waals surface area contributed by atoms with Crippen molar-refractivity contribution in [2.24, 2.45) is 0 Å². The maximum absolute atomic E-state index is 12.9. The number of alkyl halides is 3. The molecule has 0 bridgehead atoms. The SMILES string of the molecule is COc1cc(-c2ccc(CN[C@@H]3CC(N(C)c4ncnc5sc(CC(F)(F)F)cc45)[C@H](O)C3)cc2)nnc1OC. The van der Waals surface area contributed by atoms with E-state index in [0.717, 1.165) is 22.5 Å². The fourth-order valence-corrected chi connectivity index (χ4v) is 6.06. The molecule has 3 aromatic heterocycles. The lowest BCUT2D eigenvalue weighted by atomic mass is 10.1. The van der Waals surface area contributed by atoms with Gasteiger partial charge in [0.1, 0.15) is 17.0 Å². The fourth-order valence-electron chi connectivity index (χ4n) is 5.04. The van der Waals surface area contributed by atoms with Crippen molar-refractivity contribution in [1.82, 2.24) is 25.5 Å². The number of hydrogen-bond acceptors (Lipinski definition) is 10. The molecule has 40 heavy (non-hydrogen) atoms. The van der Waals surface area contributed by atoms with E-state index in [1.54, 1.807) is 13.2 Å². The van der Waals surface area contributed by atoms with Crippen molar-refractivity contribution >= 4 is 27.4 Å². The molecule has 1 aromatic carbocycles. The number of nitrogens with one attached hydrogen (secondary N) is 1. The van der Waals surface area contributed by atoms with Gasteiger partial charge in [-0.3, -0.25) is 0 Å². The number of fused-ring (bicyclic) bond motifs is 1. The van der Waals surface area contributed by atoms with Crippen LogP contribution in [0.5, 0.6) is 11.6 Å². The van der Waals surface area contributed by atoms with E-state index >= 15 is 0 Å². The molecule has 4 aromatic rings. The first kappa shape index (κ1) is 28.0. The van der Waals surface area contributed by atoms with Crippen LogP contribution >= 0.6 is 11.3 Å². The maximum atomic E-state index is 12.9. The van der Waals surface area contributed by atoms with Gasteiger partial charge >= 0.3 is 6.18 Å². The van der Waals surface area contributed by atoms with E-state index in [2.05, 4.69) is 25.5 Å². The zero-order valence-electron chi connectivity index (χ0n) is 22.1. The number of thiophene rings is 1. The van der Waals surface area contributed by atoms with Gasteiger partial charge in [0.25, 0.3) is 5.88 Å². The third-order valence-electron chi connectivity index (χ3n) is 7.05. The number of nitrogens with zero attached hydrogens (tertiary/aromatic N) is 5. The highest BCUT2D eigenvalue weighted by atomic mass is 32.1. The number of halogens is 3. The van der Waals surface area contributed by atoms with Crippen molar-refractivity contribution in [2.45, 2.75) is 50.2 Å². The summed E-state index contributed by atoms with van der Waals surface area (Å²) in [5.74, 6) is 1.34. The van der Waals surface area contributed by atoms with Gasteiger partial charge in [-0.05, 0) is 24.5 Å². The highest BCUT2D eigenvalue weighted by Gasteiger charge is 2.37. The number of likely N-dealkylation sites (N-methyl/N-ethyl adjacent to an activating group) is 1. The van der Waals surface area contributed by atoms with Crippen LogP contribution in [0.3, 0.4) is 0 Å². The van der Waals surface area contributed by atoms with E-state index in [4.69, 9.17) is 9.47 Å². The molecule has 0 amide bonds. The standard InChI is InChI=1S/C27H29F3N6O3S/c1-36(24-19-10-18(12-27(28,29)30)40-26(19)33-14-32-24)21-8-17(9-22(21)37)31-13-15-4-6-16(7-5-15)20-11-23(38-2)25(39-3)35-34-20/h4-7,10-11,14,17,21-22,31,37H,8-9,12-13H2,1-3H3/t17-,21?,22-/m1/s1. The summed E-state index contributed by atoms with van der Waals surface area (Å²) in [5, 5.41) is 23.2. The molecule has 13 heteroatoms. The Kier molecular flexibility index (Phi) is 8.06. The molecule has 1 aliphatic carbocycles. The summed E-state index contributed by atoms with van der Waals surface area (Å²) in [5.41, 5.74) is 2.62. The second-order valence-corrected chi connectivity index (χ2v) is 10.8. The van der Waals surface area contributed by atoms with Gasteiger partial charge < -0.3 is 24.8 Å². The molecule has 212 valence electrons. The van der Waals surface area contributed by atoms with Gasteiger partial charge in [0.15, 0.2) is 5.75 Å². The Morgan fingerprint density at radius 3 is 2.55 bits per heavy atom. The molecule has 1 saturated carbocycles. The van der Waals surface area contributed by atoms with E-state index < -0.39 is 18.7 Å². The van der Waals surface area contributed by atoms with E-state index in [1.807, 2.05) is 36.2 Å². The van der Waals surface area contributed by atoms with Gasteiger partial charge in [-0.1, -0.05) is 24.3 Å². The molecule has 3 heterocycles. The number of aromatic nitrogens is 4. The van der Waals surface area contributed by atoms with Crippen molar-refractivity contribution < 1.29 is 27.8 Å². The summed E-state index contributed by atoms with van der Waals surface area (Å²) in [4.78, 5) is 11.1. The predicted octanol–water partition coefficient (Wildman–Crippen LogP) is 4.39. The quantitative estimate of drug-likeness (QED) is 0.301. The van der Waals surface area contributed by atoms with Crippen LogP contribution in [0.1, 0.15) is 23.3 Å². The second kappa shape index (κ2) is 11.5. The van der Waals surface area contributed by atoms with Gasteiger partial charge in [0, 0.05) is 36.1 Å². The van der Waals surface area contributed by atoms with Gasteiger partial charge in [0.05, 0.1) is 43.9 Å². The van der Waals surface area contributed by atoms with Crippen LogP contribution in [0.15, 0.2) is 42.7 Å². The first-order valence-corrected chi connectivity index (χ1v) is 13.5. The molecular formula is C27H29F3N6O3S. The molecule has 3 atom stereocenters. The molecule has 1 fully saturated rings. The third-order valence-corrected chi connectivity index (χ3v) is 8.09. The van der Waals surface area contributed by atoms with Crippen LogP contribution in [0.2, 0.25) is 0 Å². The minimum atomic E-state index is -4.29. The number of ether oxygens (including phenoxy) is 2. The molecule has 1 aliphatic rings. The predicted molar refractivity (Wildman–Crippen MR) is 146 cm³/mol. The van der Waals surface area contributed by atoms with E-state index in [1.165, 1.54) is 19.5 Å². The smallest absolute Gasteiger partial charge is 0.393 e. The lowest BCUT2D eigenvalue weighted by Crippen LogP contribution is -2.38. The average molecular weight is 575 g/mol. The topological polar surface area (TPSA) is 106 Å². The number of methoxy groups -OCH3 is 2. The number of aliphatic hydroxyl groups excluding tert-OH is 1. The van der Waals surface area contributed by atoms with Gasteiger partial charge in [-0.2, -0.15) is 13.2 Å². The Morgan fingerprint density at radius 1 is 1.07 bits per heavy atom. The fraction of sp³-hybridized carbons (Fsp3) is 0.407. The Bertz CT molecular complexity index is 1470. The summed E-state index contributed by atoms with van der Waals surface area (Å²) in [6.07, 6.45) is -3.35. The summed E-state index contributed by atoms with van der Waals surface area (Å²) >= 11 is 1.02. The van der Waals surface area contributed by atoms with Crippen LogP contribution < -0.4 is 19.7 Å².